The van der Waals surface area contributed by atoms with E-state index in [1.165, 1.54) is 0 Å². The third-order valence-corrected chi connectivity index (χ3v) is 6.98. The molecule has 38 heavy (non-hydrogen) atoms. The summed E-state index contributed by atoms with van der Waals surface area (Å²) in [6.07, 6.45) is -3.97. The lowest BCUT2D eigenvalue weighted by atomic mass is 9.84. The van der Waals surface area contributed by atoms with Crippen molar-refractivity contribution in [1.82, 2.24) is 0 Å². The Morgan fingerprint density at radius 2 is 1.11 bits per heavy atom. The molecular weight excluding hydrogens is 484 g/mol. The number of hydrogen-bond donors (Lipinski definition) is 1. The maximum absolute atomic E-state index is 11.5. The van der Waals surface area contributed by atoms with Crippen LogP contribution in [0.3, 0.4) is 0 Å². The monoisotopic (exact) mass is 520 g/mol. The molecule has 1 N–H and O–H groups in total. The van der Waals surface area contributed by atoms with Gasteiger partial charge in [-0.1, -0.05) is 72.8 Å². The highest BCUT2D eigenvalue weighted by Gasteiger charge is 2.59. The average Bonchev–Trinajstić information content (AvgIpc) is 3.27. The standard InChI is InChI=1S/C31H36O7/c1-31(2)37-27-25(32)26(34-18-21-10-6-4-7-11-21)28(35-20-23-14-16-24(33-3)17-15-23)29(30(27)38-31)36-19-22-12-8-5-9-13-22/h4-17,25-30,32H,18-20H2,1-3H3/t25-,26+,27?,28+,29-,30?/m0/s1. The zero-order valence-corrected chi connectivity index (χ0v) is 22.1. The molecule has 1 saturated heterocycles. The van der Waals surface area contributed by atoms with E-state index in [0.29, 0.717) is 19.8 Å². The first-order valence-corrected chi connectivity index (χ1v) is 13.0. The quantitative estimate of drug-likeness (QED) is 0.417. The molecule has 2 fully saturated rings. The molecule has 7 nitrogen and oxygen atoms in total. The first-order chi connectivity index (χ1) is 18.4. The summed E-state index contributed by atoms with van der Waals surface area (Å²) in [5.74, 6) is -0.101. The number of fused-ring (bicyclic) bond motifs is 1. The maximum atomic E-state index is 11.5. The topological polar surface area (TPSA) is 75.6 Å². The maximum Gasteiger partial charge on any atom is 0.164 e. The van der Waals surface area contributed by atoms with Crippen LogP contribution < -0.4 is 4.74 Å². The van der Waals surface area contributed by atoms with E-state index < -0.39 is 42.4 Å². The van der Waals surface area contributed by atoms with Crippen molar-refractivity contribution in [3.63, 3.8) is 0 Å². The summed E-state index contributed by atoms with van der Waals surface area (Å²) >= 11 is 0. The number of aliphatic hydroxyl groups is 1. The Hall–Kier alpha value is -2.78. The first-order valence-electron chi connectivity index (χ1n) is 13.0. The molecule has 6 atom stereocenters. The van der Waals surface area contributed by atoms with Crippen LogP contribution in [0, 0.1) is 0 Å². The van der Waals surface area contributed by atoms with Crippen molar-refractivity contribution in [2.45, 2.75) is 76.1 Å². The van der Waals surface area contributed by atoms with E-state index in [1.54, 1.807) is 7.11 Å². The summed E-state index contributed by atoms with van der Waals surface area (Å²) in [5.41, 5.74) is 3.00. The van der Waals surface area contributed by atoms with Crippen LogP contribution in [0.4, 0.5) is 0 Å². The van der Waals surface area contributed by atoms with Gasteiger partial charge in [0.25, 0.3) is 0 Å². The molecule has 0 aromatic heterocycles. The van der Waals surface area contributed by atoms with Crippen molar-refractivity contribution in [3.05, 3.63) is 102 Å². The van der Waals surface area contributed by atoms with Crippen molar-refractivity contribution < 1.29 is 33.5 Å². The van der Waals surface area contributed by atoms with Crippen LogP contribution in [0.1, 0.15) is 30.5 Å². The zero-order valence-electron chi connectivity index (χ0n) is 22.1. The van der Waals surface area contributed by atoms with Gasteiger partial charge in [0.1, 0.15) is 42.4 Å². The van der Waals surface area contributed by atoms with Crippen molar-refractivity contribution in [3.8, 4) is 5.75 Å². The second-order valence-electron chi connectivity index (χ2n) is 10.2. The summed E-state index contributed by atoms with van der Waals surface area (Å²) < 4.78 is 37.1. The van der Waals surface area contributed by atoms with Crippen molar-refractivity contribution in [2.75, 3.05) is 7.11 Å². The van der Waals surface area contributed by atoms with E-state index >= 15 is 0 Å². The lowest BCUT2D eigenvalue weighted by Crippen LogP contribution is -2.64. The predicted molar refractivity (Wildman–Crippen MR) is 141 cm³/mol. The van der Waals surface area contributed by atoms with Gasteiger partial charge >= 0.3 is 0 Å². The molecule has 0 radical (unpaired) electrons. The Balaban J connectivity index is 1.42. The van der Waals surface area contributed by atoms with Crippen LogP contribution in [-0.2, 0) is 43.5 Å². The SMILES string of the molecule is COc1ccc(CO[C@@H]2[C@H](OCc3ccccc3)[C@H](O)C3OC(C)(C)OC3[C@H]2OCc2ccccc2)cc1. The number of benzene rings is 3. The molecule has 0 amide bonds. The van der Waals surface area contributed by atoms with Gasteiger partial charge in [0.15, 0.2) is 5.79 Å². The molecule has 202 valence electrons. The fraction of sp³-hybridized carbons (Fsp3) is 0.419. The zero-order chi connectivity index (χ0) is 26.5. The van der Waals surface area contributed by atoms with E-state index in [1.807, 2.05) is 98.8 Å². The third kappa shape index (κ3) is 6.26. The van der Waals surface area contributed by atoms with Gasteiger partial charge in [0.05, 0.1) is 26.9 Å². The predicted octanol–water partition coefficient (Wildman–Crippen LogP) is 4.65. The second-order valence-corrected chi connectivity index (χ2v) is 10.2. The molecule has 1 aliphatic heterocycles. The van der Waals surface area contributed by atoms with E-state index in [4.69, 9.17) is 28.4 Å². The highest BCUT2D eigenvalue weighted by molar-refractivity contribution is 5.26. The van der Waals surface area contributed by atoms with Gasteiger partial charge in [-0.15, -0.1) is 0 Å². The normalized spacial score (nSPS) is 28.1. The Morgan fingerprint density at radius 1 is 0.632 bits per heavy atom. The number of rotatable bonds is 10. The molecule has 3 aromatic rings. The van der Waals surface area contributed by atoms with Crippen LogP contribution in [0.2, 0.25) is 0 Å². The fourth-order valence-corrected chi connectivity index (χ4v) is 5.11. The average molecular weight is 521 g/mol. The van der Waals surface area contributed by atoms with Crippen molar-refractivity contribution in [2.24, 2.45) is 0 Å². The summed E-state index contributed by atoms with van der Waals surface area (Å²) in [6.45, 7) is 4.68. The molecule has 2 aliphatic rings. The minimum Gasteiger partial charge on any atom is -0.497 e. The largest absolute Gasteiger partial charge is 0.497 e. The molecule has 0 spiro atoms. The molecule has 7 heteroatoms. The van der Waals surface area contributed by atoms with Crippen LogP contribution in [-0.4, -0.2) is 54.6 Å². The summed E-state index contributed by atoms with van der Waals surface area (Å²) in [6, 6.07) is 27.5. The number of hydrogen-bond acceptors (Lipinski definition) is 7. The summed E-state index contributed by atoms with van der Waals surface area (Å²) in [7, 11) is 1.64. The van der Waals surface area contributed by atoms with Crippen molar-refractivity contribution >= 4 is 0 Å². The number of ether oxygens (including phenoxy) is 6. The molecule has 0 bridgehead atoms. The van der Waals surface area contributed by atoms with Crippen LogP contribution in [0.25, 0.3) is 0 Å². The lowest BCUT2D eigenvalue weighted by Gasteiger charge is -2.45. The number of aliphatic hydroxyl groups excluding tert-OH is 1. The highest BCUT2D eigenvalue weighted by atomic mass is 16.8. The van der Waals surface area contributed by atoms with Gasteiger partial charge in [0, 0.05) is 0 Å². The van der Waals surface area contributed by atoms with E-state index in [2.05, 4.69) is 0 Å². The van der Waals surface area contributed by atoms with Crippen molar-refractivity contribution in [1.29, 1.82) is 0 Å². The van der Waals surface area contributed by atoms with Gasteiger partial charge in [-0.25, -0.2) is 0 Å². The summed E-state index contributed by atoms with van der Waals surface area (Å²) in [4.78, 5) is 0. The Kier molecular flexibility index (Phi) is 8.43. The van der Waals surface area contributed by atoms with Crippen LogP contribution >= 0.6 is 0 Å². The van der Waals surface area contributed by atoms with Crippen LogP contribution in [0.5, 0.6) is 5.75 Å². The van der Waals surface area contributed by atoms with Gasteiger partial charge in [0.2, 0.25) is 0 Å². The van der Waals surface area contributed by atoms with Gasteiger partial charge < -0.3 is 33.5 Å². The smallest absolute Gasteiger partial charge is 0.164 e. The molecule has 3 aromatic carbocycles. The minimum absolute atomic E-state index is 0.305. The van der Waals surface area contributed by atoms with Crippen LogP contribution in [0.15, 0.2) is 84.9 Å². The van der Waals surface area contributed by atoms with Gasteiger partial charge in [-0.05, 0) is 42.7 Å². The molecule has 1 heterocycles. The first kappa shape index (κ1) is 26.8. The van der Waals surface area contributed by atoms with E-state index in [9.17, 15) is 5.11 Å². The summed E-state index contributed by atoms with van der Waals surface area (Å²) in [5, 5.41) is 11.5. The van der Waals surface area contributed by atoms with Gasteiger partial charge in [-0.3, -0.25) is 0 Å². The second kappa shape index (κ2) is 11.9. The van der Waals surface area contributed by atoms with Gasteiger partial charge in [-0.2, -0.15) is 0 Å². The molecular formula is C31H36O7. The third-order valence-electron chi connectivity index (χ3n) is 6.98. The Labute approximate surface area is 224 Å². The van der Waals surface area contributed by atoms with E-state index in [-0.39, 0.29) is 0 Å². The molecule has 1 aliphatic carbocycles. The highest BCUT2D eigenvalue weighted by Crippen LogP contribution is 2.41. The minimum atomic E-state index is -0.970. The molecule has 2 unspecified atom stereocenters. The molecule has 1 saturated carbocycles. The Bertz CT molecular complexity index is 1140. The Morgan fingerprint density at radius 3 is 1.66 bits per heavy atom. The number of methoxy groups -OCH3 is 1. The fourth-order valence-electron chi connectivity index (χ4n) is 5.11. The molecule has 5 rings (SSSR count). The van der Waals surface area contributed by atoms with E-state index in [0.717, 1.165) is 22.4 Å². The lowest BCUT2D eigenvalue weighted by molar-refractivity contribution is -0.241.